The zero-order valence-corrected chi connectivity index (χ0v) is 15.6. The van der Waals surface area contributed by atoms with Crippen molar-refractivity contribution >= 4 is 17.0 Å². The number of allylic oxidation sites excluding steroid dienone is 4. The molecule has 1 N–H and O–H groups in total. The molecule has 2 aliphatic rings. The van der Waals surface area contributed by atoms with Gasteiger partial charge in [-0.1, -0.05) is 6.08 Å². The highest BCUT2D eigenvalue weighted by Crippen LogP contribution is 2.48. The highest BCUT2D eigenvalue weighted by atomic mass is 16.6. The second-order valence-electron chi connectivity index (χ2n) is 7.18. The van der Waals surface area contributed by atoms with Crippen LogP contribution in [0.15, 0.2) is 23.3 Å². The largest absolute Gasteiger partial charge is 0.302 e. The molecule has 0 amide bonds. The molecule has 136 valence electrons. The third kappa shape index (κ3) is 2.74. The Hall–Kier alpha value is -3.25. The number of benzene rings is 1. The summed E-state index contributed by atoms with van der Waals surface area (Å²) in [6.45, 7) is 5.30. The maximum Gasteiger partial charge on any atom is 0.275 e. The SMILES string of the molecule is Cc1cc(C)c([N+](=O)[O-])c(C)c1C1=C(C#N)C(=N)C(C#N)C2=CCCC[C@@H]21. The minimum Gasteiger partial charge on any atom is -0.302 e. The summed E-state index contributed by atoms with van der Waals surface area (Å²) >= 11 is 0. The van der Waals surface area contributed by atoms with Crippen LogP contribution in [0, 0.1) is 70.8 Å². The van der Waals surface area contributed by atoms with Gasteiger partial charge in [-0.3, -0.25) is 10.1 Å². The quantitative estimate of drug-likeness (QED) is 0.467. The van der Waals surface area contributed by atoms with Crippen molar-refractivity contribution < 1.29 is 4.92 Å². The fraction of sp³-hybridized carbons (Fsp3) is 0.381. The molecule has 0 aliphatic heterocycles. The smallest absolute Gasteiger partial charge is 0.275 e. The topological polar surface area (TPSA) is 115 Å². The molecule has 2 aliphatic carbocycles. The van der Waals surface area contributed by atoms with Crippen LogP contribution in [0.25, 0.3) is 5.57 Å². The molecule has 0 fully saturated rings. The zero-order chi connectivity index (χ0) is 19.9. The van der Waals surface area contributed by atoms with Gasteiger partial charge in [-0.2, -0.15) is 10.5 Å². The summed E-state index contributed by atoms with van der Waals surface area (Å²) in [4.78, 5) is 11.2. The molecule has 27 heavy (non-hydrogen) atoms. The van der Waals surface area contributed by atoms with E-state index in [2.05, 4.69) is 12.1 Å². The van der Waals surface area contributed by atoms with Crippen LogP contribution in [0.4, 0.5) is 5.69 Å². The second-order valence-corrected chi connectivity index (χ2v) is 7.18. The molecule has 6 heteroatoms. The Kier molecular flexibility index (Phi) is 4.68. The molecule has 1 aromatic rings. The molecule has 1 unspecified atom stereocenters. The van der Waals surface area contributed by atoms with Crippen LogP contribution in [0.2, 0.25) is 0 Å². The lowest BCUT2D eigenvalue weighted by atomic mass is 9.65. The Balaban J connectivity index is 2.40. The molecule has 0 saturated heterocycles. The predicted molar refractivity (Wildman–Crippen MR) is 102 cm³/mol. The number of rotatable bonds is 2. The van der Waals surface area contributed by atoms with Crippen molar-refractivity contribution in [1.29, 1.82) is 15.9 Å². The maximum absolute atomic E-state index is 11.6. The number of nitrogens with zero attached hydrogens (tertiary/aromatic N) is 3. The molecular weight excluding hydrogens is 340 g/mol. The van der Waals surface area contributed by atoms with E-state index in [0.29, 0.717) is 22.3 Å². The molecule has 1 aromatic carbocycles. The first-order valence-electron chi connectivity index (χ1n) is 8.91. The summed E-state index contributed by atoms with van der Waals surface area (Å²) in [7, 11) is 0. The van der Waals surface area contributed by atoms with E-state index in [-0.39, 0.29) is 27.8 Å². The van der Waals surface area contributed by atoms with Gasteiger partial charge in [-0.25, -0.2) is 0 Å². The van der Waals surface area contributed by atoms with Crippen LogP contribution in [-0.2, 0) is 0 Å². The van der Waals surface area contributed by atoms with Crippen LogP contribution in [-0.4, -0.2) is 10.6 Å². The number of hydrogen-bond donors (Lipinski definition) is 1. The van der Waals surface area contributed by atoms with E-state index in [9.17, 15) is 20.6 Å². The molecule has 0 heterocycles. The predicted octanol–water partition coefficient (Wildman–Crippen LogP) is 4.70. The van der Waals surface area contributed by atoms with Gasteiger partial charge in [0.25, 0.3) is 5.69 Å². The van der Waals surface area contributed by atoms with Gasteiger partial charge in [0, 0.05) is 17.0 Å². The Morgan fingerprint density at radius 1 is 1.26 bits per heavy atom. The Morgan fingerprint density at radius 2 is 1.96 bits per heavy atom. The second kappa shape index (κ2) is 6.81. The highest BCUT2D eigenvalue weighted by Gasteiger charge is 2.40. The minimum absolute atomic E-state index is 0.00132. The Morgan fingerprint density at radius 3 is 2.56 bits per heavy atom. The molecule has 2 atom stereocenters. The van der Waals surface area contributed by atoms with Crippen LogP contribution < -0.4 is 0 Å². The lowest BCUT2D eigenvalue weighted by Crippen LogP contribution is -2.31. The third-order valence-corrected chi connectivity index (χ3v) is 5.61. The van der Waals surface area contributed by atoms with Crippen LogP contribution >= 0.6 is 0 Å². The van der Waals surface area contributed by atoms with E-state index in [1.807, 2.05) is 13.0 Å². The number of aryl methyl sites for hydroxylation is 2. The van der Waals surface area contributed by atoms with Crippen molar-refractivity contribution in [2.24, 2.45) is 11.8 Å². The van der Waals surface area contributed by atoms with Gasteiger partial charge in [0.1, 0.15) is 12.0 Å². The van der Waals surface area contributed by atoms with Crippen molar-refractivity contribution in [2.75, 3.05) is 0 Å². The van der Waals surface area contributed by atoms with Crippen LogP contribution in [0.3, 0.4) is 0 Å². The molecule has 0 bridgehead atoms. The fourth-order valence-corrected chi connectivity index (χ4v) is 4.59. The van der Waals surface area contributed by atoms with Gasteiger partial charge in [-0.05, 0) is 68.4 Å². The van der Waals surface area contributed by atoms with Gasteiger partial charge < -0.3 is 5.41 Å². The summed E-state index contributed by atoms with van der Waals surface area (Å²) in [6.07, 6.45) is 4.56. The van der Waals surface area contributed by atoms with E-state index in [0.717, 1.165) is 30.4 Å². The van der Waals surface area contributed by atoms with Crippen LogP contribution in [0.5, 0.6) is 0 Å². The first-order chi connectivity index (χ1) is 12.8. The van der Waals surface area contributed by atoms with E-state index >= 15 is 0 Å². The number of fused-ring (bicyclic) bond motifs is 1. The van der Waals surface area contributed by atoms with Crippen molar-refractivity contribution in [3.05, 3.63) is 55.7 Å². The van der Waals surface area contributed by atoms with Crippen LogP contribution in [0.1, 0.15) is 41.5 Å². The number of hydrogen-bond acceptors (Lipinski definition) is 5. The minimum atomic E-state index is -0.713. The summed E-state index contributed by atoms with van der Waals surface area (Å²) in [5, 5.41) is 39.4. The molecule has 0 aromatic heterocycles. The lowest BCUT2D eigenvalue weighted by Gasteiger charge is -2.36. The molecule has 6 nitrogen and oxygen atoms in total. The van der Waals surface area contributed by atoms with Crippen molar-refractivity contribution in [3.8, 4) is 12.1 Å². The standard InChI is InChI=1S/C21H20N4O2/c1-11-8-12(2)21(25(26)27)13(3)18(11)19-15-7-5-4-6-14(15)16(9-22)20(24)17(19)10-23/h6,8,15-16,24H,4-5,7H2,1-3H3/t15-,16?/m0/s1. The van der Waals surface area contributed by atoms with E-state index < -0.39 is 5.92 Å². The summed E-state index contributed by atoms with van der Waals surface area (Å²) < 4.78 is 0. The van der Waals surface area contributed by atoms with E-state index in [1.54, 1.807) is 19.9 Å². The highest BCUT2D eigenvalue weighted by molar-refractivity contribution is 6.14. The van der Waals surface area contributed by atoms with Gasteiger partial charge >= 0.3 is 0 Å². The van der Waals surface area contributed by atoms with E-state index in [4.69, 9.17) is 5.41 Å². The van der Waals surface area contributed by atoms with Crippen molar-refractivity contribution in [3.63, 3.8) is 0 Å². The summed E-state index contributed by atoms with van der Waals surface area (Å²) in [5.74, 6) is -0.860. The van der Waals surface area contributed by atoms with Gasteiger partial charge in [0.15, 0.2) is 0 Å². The number of nitro groups is 1. The normalized spacial score (nSPS) is 21.8. The van der Waals surface area contributed by atoms with Gasteiger partial charge in [0.2, 0.25) is 0 Å². The first kappa shape index (κ1) is 18.5. The van der Waals surface area contributed by atoms with Gasteiger partial charge in [0.05, 0.1) is 22.3 Å². The maximum atomic E-state index is 11.6. The lowest BCUT2D eigenvalue weighted by molar-refractivity contribution is -0.386. The monoisotopic (exact) mass is 360 g/mol. The molecule has 3 rings (SSSR count). The number of nitro benzene ring substituents is 1. The first-order valence-corrected chi connectivity index (χ1v) is 8.91. The fourth-order valence-electron chi connectivity index (χ4n) is 4.59. The Bertz CT molecular complexity index is 1020. The third-order valence-electron chi connectivity index (χ3n) is 5.61. The molecule has 0 spiro atoms. The molecule has 0 radical (unpaired) electrons. The average Bonchev–Trinajstić information content (AvgIpc) is 2.61. The van der Waals surface area contributed by atoms with Crippen molar-refractivity contribution in [1.82, 2.24) is 0 Å². The molecule has 0 saturated carbocycles. The molecular formula is C21H20N4O2. The van der Waals surface area contributed by atoms with Crippen molar-refractivity contribution in [2.45, 2.75) is 40.0 Å². The number of nitriles is 2. The summed E-state index contributed by atoms with van der Waals surface area (Å²) in [6, 6.07) is 6.07. The summed E-state index contributed by atoms with van der Waals surface area (Å²) in [5.41, 5.74) is 4.43. The zero-order valence-electron chi connectivity index (χ0n) is 15.6. The average molecular weight is 360 g/mol. The Labute approximate surface area is 158 Å². The van der Waals surface area contributed by atoms with E-state index in [1.165, 1.54) is 0 Å². The van der Waals surface area contributed by atoms with Gasteiger partial charge in [-0.15, -0.1) is 0 Å². The number of nitrogens with one attached hydrogen (secondary N) is 1.